The summed E-state index contributed by atoms with van der Waals surface area (Å²) < 4.78 is 5.59. The highest BCUT2D eigenvalue weighted by molar-refractivity contribution is 7.09. The second kappa shape index (κ2) is 4.89. The third-order valence-corrected chi connectivity index (χ3v) is 4.50. The largest absolute Gasteiger partial charge is 0.493 e. The summed E-state index contributed by atoms with van der Waals surface area (Å²) in [6, 6.07) is 9.72. The molecule has 0 fully saturated rings. The molecular formula is C15H14N2O2S. The number of aliphatic hydroxyl groups is 1. The van der Waals surface area contributed by atoms with Crippen LogP contribution in [0.5, 0.6) is 5.75 Å². The number of benzene rings is 1. The van der Waals surface area contributed by atoms with E-state index in [2.05, 4.69) is 11.1 Å². The number of nitriles is 1. The summed E-state index contributed by atoms with van der Waals surface area (Å²) in [4.78, 5) is 4.33. The minimum Gasteiger partial charge on any atom is -0.493 e. The molecule has 2 atom stereocenters. The van der Waals surface area contributed by atoms with Crippen LogP contribution in [0.4, 0.5) is 0 Å². The molecule has 0 aliphatic carbocycles. The Kier molecular flexibility index (Phi) is 3.20. The molecule has 0 spiro atoms. The number of fused-ring (bicyclic) bond motifs is 1. The van der Waals surface area contributed by atoms with Crippen LogP contribution in [-0.4, -0.2) is 16.7 Å². The lowest BCUT2D eigenvalue weighted by Gasteiger charge is -2.36. The molecule has 1 aromatic heterocycles. The molecule has 3 rings (SSSR count). The molecule has 1 aromatic carbocycles. The number of rotatable bonds is 2. The van der Waals surface area contributed by atoms with E-state index >= 15 is 0 Å². The smallest absolute Gasteiger partial charge is 0.124 e. The van der Waals surface area contributed by atoms with E-state index in [9.17, 15) is 10.4 Å². The quantitative estimate of drug-likeness (QED) is 0.921. The van der Waals surface area contributed by atoms with Crippen LogP contribution in [0.3, 0.4) is 0 Å². The van der Waals surface area contributed by atoms with Crippen LogP contribution in [0.2, 0.25) is 0 Å². The Morgan fingerprint density at radius 3 is 3.00 bits per heavy atom. The van der Waals surface area contributed by atoms with E-state index < -0.39 is 11.5 Å². The van der Waals surface area contributed by atoms with Crippen LogP contribution in [-0.2, 0) is 5.41 Å². The van der Waals surface area contributed by atoms with E-state index in [0.29, 0.717) is 24.5 Å². The van der Waals surface area contributed by atoms with Gasteiger partial charge in [-0.05, 0) is 13.0 Å². The van der Waals surface area contributed by atoms with Gasteiger partial charge in [0.1, 0.15) is 17.3 Å². The normalized spacial score (nSPS) is 22.4. The fraction of sp³-hybridized carbons (Fsp3) is 0.333. The first-order valence-corrected chi connectivity index (χ1v) is 7.29. The number of thiazole rings is 1. The van der Waals surface area contributed by atoms with Crippen molar-refractivity contribution in [2.45, 2.75) is 24.9 Å². The highest BCUT2D eigenvalue weighted by atomic mass is 32.1. The van der Waals surface area contributed by atoms with Gasteiger partial charge in [0.25, 0.3) is 0 Å². The van der Waals surface area contributed by atoms with Gasteiger partial charge in [-0.15, -0.1) is 11.3 Å². The summed E-state index contributed by atoms with van der Waals surface area (Å²) in [5.41, 5.74) is 0.313. The number of nitrogens with zero attached hydrogens (tertiary/aromatic N) is 2. The average molecular weight is 286 g/mol. The fourth-order valence-corrected chi connectivity index (χ4v) is 3.27. The maximum absolute atomic E-state index is 10.7. The zero-order valence-electron chi connectivity index (χ0n) is 11.0. The summed E-state index contributed by atoms with van der Waals surface area (Å²) in [7, 11) is 0. The maximum Gasteiger partial charge on any atom is 0.124 e. The molecule has 2 unspecified atom stereocenters. The first-order chi connectivity index (χ1) is 9.67. The average Bonchev–Trinajstić information content (AvgIpc) is 2.92. The van der Waals surface area contributed by atoms with Crippen molar-refractivity contribution >= 4 is 11.3 Å². The second-order valence-corrected chi connectivity index (χ2v) is 5.93. The topological polar surface area (TPSA) is 66.1 Å². The van der Waals surface area contributed by atoms with Crippen LogP contribution in [0, 0.1) is 18.3 Å². The third kappa shape index (κ3) is 1.89. The van der Waals surface area contributed by atoms with Crippen molar-refractivity contribution in [3.63, 3.8) is 0 Å². The summed E-state index contributed by atoms with van der Waals surface area (Å²) in [6.45, 7) is 2.31. The Labute approximate surface area is 121 Å². The van der Waals surface area contributed by atoms with Crippen LogP contribution in [0.25, 0.3) is 0 Å². The van der Waals surface area contributed by atoms with Crippen molar-refractivity contribution in [2.24, 2.45) is 0 Å². The van der Waals surface area contributed by atoms with E-state index in [1.807, 2.05) is 36.6 Å². The molecule has 1 aliphatic rings. The van der Waals surface area contributed by atoms with Crippen molar-refractivity contribution in [3.05, 3.63) is 45.9 Å². The number of aliphatic hydroxyl groups excluding tert-OH is 1. The van der Waals surface area contributed by atoms with Gasteiger partial charge in [-0.1, -0.05) is 18.2 Å². The van der Waals surface area contributed by atoms with Crippen molar-refractivity contribution in [1.29, 1.82) is 5.26 Å². The van der Waals surface area contributed by atoms with Gasteiger partial charge in [0.05, 0.1) is 23.4 Å². The zero-order chi connectivity index (χ0) is 14.2. The summed E-state index contributed by atoms with van der Waals surface area (Å²) in [5, 5.41) is 23.2. The lowest BCUT2D eigenvalue weighted by atomic mass is 9.72. The number of hydrogen-bond acceptors (Lipinski definition) is 5. The number of hydrogen-bond donors (Lipinski definition) is 1. The molecule has 20 heavy (non-hydrogen) atoms. The Morgan fingerprint density at radius 1 is 1.50 bits per heavy atom. The first kappa shape index (κ1) is 13.1. The molecule has 0 radical (unpaired) electrons. The molecule has 2 heterocycles. The van der Waals surface area contributed by atoms with Crippen LogP contribution < -0.4 is 4.74 Å². The fourth-order valence-electron chi connectivity index (χ4n) is 2.64. The lowest BCUT2D eigenvalue weighted by molar-refractivity contribution is 0.0777. The molecule has 0 bridgehead atoms. The predicted molar refractivity (Wildman–Crippen MR) is 75.7 cm³/mol. The number of para-hydroxylation sites is 1. The van der Waals surface area contributed by atoms with Crippen molar-refractivity contribution in [1.82, 2.24) is 4.98 Å². The molecule has 0 amide bonds. The van der Waals surface area contributed by atoms with Gasteiger partial charge in [-0.3, -0.25) is 0 Å². The number of aromatic nitrogens is 1. The first-order valence-electron chi connectivity index (χ1n) is 6.41. The predicted octanol–water partition coefficient (Wildman–Crippen LogP) is 2.73. The molecule has 5 heteroatoms. The van der Waals surface area contributed by atoms with Gasteiger partial charge in [0.15, 0.2) is 0 Å². The number of ether oxygens (including phenoxy) is 1. The summed E-state index contributed by atoms with van der Waals surface area (Å²) in [5.74, 6) is 0.673. The van der Waals surface area contributed by atoms with Crippen molar-refractivity contribution in [2.75, 3.05) is 6.61 Å². The van der Waals surface area contributed by atoms with Crippen molar-refractivity contribution in [3.8, 4) is 11.8 Å². The van der Waals surface area contributed by atoms with E-state index in [1.165, 1.54) is 11.3 Å². The summed E-state index contributed by atoms with van der Waals surface area (Å²) in [6.07, 6.45) is -0.486. The van der Waals surface area contributed by atoms with Gasteiger partial charge >= 0.3 is 0 Å². The molecule has 1 aliphatic heterocycles. The highest BCUT2D eigenvalue weighted by Gasteiger charge is 2.46. The molecular weight excluding hydrogens is 272 g/mol. The molecule has 4 nitrogen and oxygen atoms in total. The standard InChI is InChI=1S/C15H14N2O2S/c1-10-17-12(8-20-10)14(18)15(9-16)6-7-19-13-5-3-2-4-11(13)15/h2-5,8,14,18H,6-7H2,1H3. The Morgan fingerprint density at radius 2 is 2.30 bits per heavy atom. The minimum atomic E-state index is -0.991. The Hall–Kier alpha value is -1.90. The lowest BCUT2D eigenvalue weighted by Crippen LogP contribution is -2.37. The molecule has 1 N–H and O–H groups in total. The van der Waals surface area contributed by atoms with E-state index in [-0.39, 0.29) is 0 Å². The molecule has 102 valence electrons. The Balaban J connectivity index is 2.12. The van der Waals surface area contributed by atoms with E-state index in [0.717, 1.165) is 10.6 Å². The SMILES string of the molecule is Cc1nc(C(O)C2(C#N)CCOc3ccccc32)cs1. The number of aryl methyl sites for hydroxylation is 1. The monoisotopic (exact) mass is 286 g/mol. The van der Waals surface area contributed by atoms with Gasteiger partial charge in [-0.25, -0.2) is 4.98 Å². The van der Waals surface area contributed by atoms with Crippen LogP contribution in [0.15, 0.2) is 29.6 Å². The van der Waals surface area contributed by atoms with Gasteiger partial charge < -0.3 is 9.84 Å². The van der Waals surface area contributed by atoms with Gasteiger partial charge in [0.2, 0.25) is 0 Å². The third-order valence-electron chi connectivity index (χ3n) is 3.70. The van der Waals surface area contributed by atoms with Crippen LogP contribution >= 0.6 is 11.3 Å². The summed E-state index contributed by atoms with van der Waals surface area (Å²) >= 11 is 1.48. The zero-order valence-corrected chi connectivity index (χ0v) is 11.9. The molecule has 2 aromatic rings. The van der Waals surface area contributed by atoms with E-state index in [1.54, 1.807) is 0 Å². The maximum atomic E-state index is 10.7. The van der Waals surface area contributed by atoms with Gasteiger partial charge in [0, 0.05) is 17.4 Å². The van der Waals surface area contributed by atoms with Crippen molar-refractivity contribution < 1.29 is 9.84 Å². The minimum absolute atomic E-state index is 0.421. The Bertz CT molecular complexity index is 677. The second-order valence-electron chi connectivity index (χ2n) is 4.87. The van der Waals surface area contributed by atoms with E-state index in [4.69, 9.17) is 4.74 Å². The molecule has 0 saturated heterocycles. The molecule has 0 saturated carbocycles. The highest BCUT2D eigenvalue weighted by Crippen LogP contribution is 2.46. The van der Waals surface area contributed by atoms with Crippen LogP contribution in [0.1, 0.15) is 28.8 Å². The van der Waals surface area contributed by atoms with Gasteiger partial charge in [-0.2, -0.15) is 5.26 Å².